The number of aromatic nitrogens is 2. The maximum Gasteiger partial charge on any atom is 0.253 e. The van der Waals surface area contributed by atoms with Gasteiger partial charge in [0.15, 0.2) is 0 Å². The van der Waals surface area contributed by atoms with E-state index in [2.05, 4.69) is 14.9 Å². The quantitative estimate of drug-likeness (QED) is 0.675. The number of carbonyl (C=O) groups is 1. The Hall–Kier alpha value is -3.03. The Kier molecular flexibility index (Phi) is 5.40. The van der Waals surface area contributed by atoms with Crippen molar-refractivity contribution in [3.63, 3.8) is 0 Å². The lowest BCUT2D eigenvalue weighted by Gasteiger charge is -2.30. The molecule has 1 atom stereocenters. The van der Waals surface area contributed by atoms with E-state index < -0.39 is 5.60 Å². The van der Waals surface area contributed by atoms with Crippen molar-refractivity contribution >= 4 is 22.5 Å². The van der Waals surface area contributed by atoms with Crippen LogP contribution in [0.25, 0.3) is 10.9 Å². The average Bonchev–Trinajstić information content (AvgIpc) is 3.13. The van der Waals surface area contributed by atoms with Crippen LogP contribution in [0.5, 0.6) is 0 Å². The summed E-state index contributed by atoms with van der Waals surface area (Å²) in [5.74, 6) is -0.119. The summed E-state index contributed by atoms with van der Waals surface area (Å²) in [5.41, 5.74) is 9.03. The van der Waals surface area contributed by atoms with Crippen LogP contribution < -0.4 is 10.6 Å². The van der Waals surface area contributed by atoms with Gasteiger partial charge in [0.05, 0.1) is 12.1 Å². The number of hydrogen-bond donors (Lipinski definition) is 2. The van der Waals surface area contributed by atoms with Crippen LogP contribution in [0, 0.1) is 6.92 Å². The molecule has 7 heteroatoms. The van der Waals surface area contributed by atoms with Gasteiger partial charge in [-0.05, 0) is 43.2 Å². The number of rotatable bonds is 5. The van der Waals surface area contributed by atoms with Gasteiger partial charge in [0.2, 0.25) is 0 Å². The lowest BCUT2D eigenvalue weighted by molar-refractivity contribution is 0.0264. The second-order valence-corrected chi connectivity index (χ2v) is 8.14. The second-order valence-electron chi connectivity index (χ2n) is 8.14. The Morgan fingerprint density at radius 1 is 1.33 bits per heavy atom. The molecular weight excluding hydrogens is 378 g/mol. The molecule has 1 fully saturated rings. The molecule has 0 saturated carbocycles. The third-order valence-corrected chi connectivity index (χ3v) is 5.68. The number of β-amino-alcohol motifs (C(OH)–C–C–N with tert-alkyl or cyclic N) is 1. The molecule has 2 aromatic heterocycles. The van der Waals surface area contributed by atoms with E-state index in [4.69, 9.17) is 5.73 Å². The van der Waals surface area contributed by atoms with Gasteiger partial charge in [-0.25, -0.2) is 0 Å². The maximum absolute atomic E-state index is 12.9. The van der Waals surface area contributed by atoms with Crippen LogP contribution in [-0.4, -0.2) is 58.2 Å². The average molecular weight is 406 g/mol. The first-order valence-corrected chi connectivity index (χ1v) is 10.1. The largest absolute Gasteiger partial charge is 0.386 e. The summed E-state index contributed by atoms with van der Waals surface area (Å²) in [6.45, 7) is 3.76. The third-order valence-electron chi connectivity index (χ3n) is 5.68. The number of likely N-dealkylation sites (N-methyl/N-ethyl adjacent to an activating group) is 1. The summed E-state index contributed by atoms with van der Waals surface area (Å²) in [7, 11) is 1.73. The molecule has 1 saturated heterocycles. The molecule has 0 radical (unpaired) electrons. The highest BCUT2D eigenvalue weighted by molar-refractivity contribution is 5.94. The minimum Gasteiger partial charge on any atom is -0.386 e. The zero-order valence-corrected chi connectivity index (χ0v) is 17.4. The van der Waals surface area contributed by atoms with E-state index in [1.807, 2.05) is 43.5 Å². The highest BCUT2D eigenvalue weighted by Crippen LogP contribution is 2.32. The number of fused-ring (bicyclic) bond motifs is 1. The van der Waals surface area contributed by atoms with Crippen LogP contribution >= 0.6 is 0 Å². The lowest BCUT2D eigenvalue weighted by Crippen LogP contribution is -2.45. The van der Waals surface area contributed by atoms with Gasteiger partial charge < -0.3 is 20.6 Å². The van der Waals surface area contributed by atoms with Crippen molar-refractivity contribution in [1.29, 1.82) is 0 Å². The smallest absolute Gasteiger partial charge is 0.253 e. The molecule has 1 aromatic carbocycles. The summed E-state index contributed by atoms with van der Waals surface area (Å²) in [5, 5.41) is 12.2. The number of pyridine rings is 2. The SMILES string of the molecule is Cc1cc(N2CC[C@@](O)(CN(C)C(=O)c3cccc(CN)c3)C2)c2cnccc2n1. The monoisotopic (exact) mass is 405 g/mol. The van der Waals surface area contributed by atoms with Gasteiger partial charge in [-0.3, -0.25) is 14.8 Å². The van der Waals surface area contributed by atoms with Crippen molar-refractivity contribution in [2.24, 2.45) is 5.73 Å². The van der Waals surface area contributed by atoms with Crippen LogP contribution in [-0.2, 0) is 6.54 Å². The maximum atomic E-state index is 12.9. The number of hydrogen-bond acceptors (Lipinski definition) is 6. The first-order chi connectivity index (χ1) is 14.4. The molecular formula is C23H27N5O2. The minimum atomic E-state index is -0.985. The van der Waals surface area contributed by atoms with Gasteiger partial charge in [-0.2, -0.15) is 0 Å². The van der Waals surface area contributed by atoms with Gasteiger partial charge in [0.1, 0.15) is 5.60 Å². The number of anilines is 1. The van der Waals surface area contributed by atoms with Gasteiger partial charge >= 0.3 is 0 Å². The fraction of sp³-hybridized carbons (Fsp3) is 0.348. The lowest BCUT2D eigenvalue weighted by atomic mass is 10.0. The van der Waals surface area contributed by atoms with Crippen LogP contribution in [0.2, 0.25) is 0 Å². The Morgan fingerprint density at radius 2 is 2.17 bits per heavy atom. The molecule has 156 valence electrons. The van der Waals surface area contributed by atoms with Crippen molar-refractivity contribution < 1.29 is 9.90 Å². The minimum absolute atomic E-state index is 0.119. The number of amides is 1. The molecule has 0 bridgehead atoms. The number of nitrogens with zero attached hydrogens (tertiary/aromatic N) is 4. The molecule has 0 spiro atoms. The van der Waals surface area contributed by atoms with Gasteiger partial charge in [-0.1, -0.05) is 12.1 Å². The fourth-order valence-corrected chi connectivity index (χ4v) is 4.20. The van der Waals surface area contributed by atoms with E-state index in [-0.39, 0.29) is 12.5 Å². The summed E-state index contributed by atoms with van der Waals surface area (Å²) >= 11 is 0. The van der Waals surface area contributed by atoms with Crippen molar-refractivity contribution in [1.82, 2.24) is 14.9 Å². The predicted molar refractivity (Wildman–Crippen MR) is 117 cm³/mol. The zero-order valence-electron chi connectivity index (χ0n) is 17.4. The number of nitrogens with two attached hydrogens (primary N) is 1. The highest BCUT2D eigenvalue weighted by Gasteiger charge is 2.38. The van der Waals surface area contributed by atoms with E-state index >= 15 is 0 Å². The van der Waals surface area contributed by atoms with Crippen molar-refractivity contribution in [2.45, 2.75) is 25.5 Å². The normalized spacial score (nSPS) is 18.7. The molecule has 0 unspecified atom stereocenters. The van der Waals surface area contributed by atoms with E-state index in [9.17, 15) is 9.90 Å². The van der Waals surface area contributed by atoms with Crippen LogP contribution in [0.3, 0.4) is 0 Å². The molecule has 3 N–H and O–H groups in total. The number of aryl methyl sites for hydroxylation is 1. The summed E-state index contributed by atoms with van der Waals surface area (Å²) < 4.78 is 0. The van der Waals surface area contributed by atoms with Crippen molar-refractivity contribution in [3.8, 4) is 0 Å². The molecule has 4 rings (SSSR count). The summed E-state index contributed by atoms with van der Waals surface area (Å²) in [6, 6.07) is 11.2. The third kappa shape index (κ3) is 3.99. The summed E-state index contributed by atoms with van der Waals surface area (Å²) in [6.07, 6.45) is 4.13. The highest BCUT2D eigenvalue weighted by atomic mass is 16.3. The van der Waals surface area contributed by atoms with Gasteiger partial charge in [-0.15, -0.1) is 0 Å². The first-order valence-electron chi connectivity index (χ1n) is 10.1. The van der Waals surface area contributed by atoms with Gasteiger partial charge in [0, 0.05) is 61.4 Å². The Balaban J connectivity index is 1.51. The van der Waals surface area contributed by atoms with Crippen molar-refractivity contribution in [3.05, 3.63) is 65.6 Å². The Bertz CT molecular complexity index is 1090. The van der Waals surface area contributed by atoms with Crippen LogP contribution in [0.15, 0.2) is 48.8 Å². The van der Waals surface area contributed by atoms with E-state index in [0.717, 1.165) is 27.8 Å². The standard InChI is InChI=1S/C23H27N5O2/c1-16-10-21(19-13-25-8-6-20(19)26-16)28-9-7-23(30,15-28)14-27(2)22(29)18-5-3-4-17(11-18)12-24/h3-6,8,10-11,13,30H,7,9,12,14-15,24H2,1-2H3/t23-/m1/s1. The van der Waals surface area contributed by atoms with Gasteiger partial charge in [0.25, 0.3) is 5.91 Å². The summed E-state index contributed by atoms with van der Waals surface area (Å²) in [4.78, 5) is 25.4. The molecule has 0 aliphatic carbocycles. The second kappa shape index (κ2) is 8.01. The van der Waals surface area contributed by atoms with Crippen LogP contribution in [0.1, 0.15) is 28.0 Å². The molecule has 30 heavy (non-hydrogen) atoms. The number of aliphatic hydroxyl groups is 1. The topological polar surface area (TPSA) is 95.6 Å². The Labute approximate surface area is 176 Å². The molecule has 7 nitrogen and oxygen atoms in total. The Morgan fingerprint density at radius 3 is 2.97 bits per heavy atom. The zero-order chi connectivity index (χ0) is 21.3. The molecule has 1 aliphatic heterocycles. The predicted octanol–water partition coefficient (Wildman–Crippen LogP) is 2.11. The molecule has 1 amide bonds. The number of benzene rings is 1. The number of carbonyl (C=O) groups excluding carboxylic acids is 1. The molecule has 3 aromatic rings. The van der Waals surface area contributed by atoms with E-state index in [1.165, 1.54) is 0 Å². The first kappa shape index (κ1) is 20.3. The van der Waals surface area contributed by atoms with Crippen molar-refractivity contribution in [2.75, 3.05) is 31.6 Å². The molecule has 3 heterocycles. The molecule has 1 aliphatic rings. The fourth-order valence-electron chi connectivity index (χ4n) is 4.20. The van der Waals surface area contributed by atoms with E-state index in [1.54, 1.807) is 24.2 Å². The van der Waals surface area contributed by atoms with E-state index in [0.29, 0.717) is 31.6 Å². The van der Waals surface area contributed by atoms with Crippen LogP contribution in [0.4, 0.5) is 5.69 Å².